The molecule has 7 N–H and O–H groups in total. The lowest BCUT2D eigenvalue weighted by Crippen LogP contribution is -2.69. The number of carbonyl (C=O) groups excluding carboxylic acids is 2. The zero-order valence-electron chi connectivity index (χ0n) is 11.3. The number of carboxylic acids is 1. The molecule has 0 aromatic carbocycles. The molecule has 1 saturated heterocycles. The van der Waals surface area contributed by atoms with Crippen molar-refractivity contribution in [3.8, 4) is 0 Å². The van der Waals surface area contributed by atoms with Crippen LogP contribution in [0.4, 0.5) is 0 Å². The summed E-state index contributed by atoms with van der Waals surface area (Å²) in [5, 5.41) is 69.3. The molecule has 1 fully saturated rings. The summed E-state index contributed by atoms with van der Waals surface area (Å²) >= 11 is 0. The molecule has 0 bridgehead atoms. The monoisotopic (exact) mass is 324 g/mol. The smallest absolute Gasteiger partial charge is 0.246 e. The first-order chi connectivity index (χ1) is 10.2. The third kappa shape index (κ3) is 3.89. The molecular formula is C11H18NO10-. The quantitative estimate of drug-likeness (QED) is 0.246. The number of hydrogen-bond donors (Lipinski definition) is 7. The van der Waals surface area contributed by atoms with Crippen LogP contribution in [0.3, 0.4) is 0 Å². The Hall–Kier alpha value is -1.34. The molecule has 3 unspecified atom stereocenters. The molecule has 11 nitrogen and oxygen atoms in total. The second-order valence-electron chi connectivity index (χ2n) is 4.92. The Balaban J connectivity index is 3.07. The molecule has 1 heterocycles. The highest BCUT2D eigenvalue weighted by molar-refractivity contribution is 5.77. The number of rotatable bonds is 6. The summed E-state index contributed by atoms with van der Waals surface area (Å²) in [7, 11) is 0. The number of amides is 1. The molecule has 128 valence electrons. The lowest BCUT2D eigenvalue weighted by molar-refractivity contribution is -0.374. The lowest BCUT2D eigenvalue weighted by Gasteiger charge is -2.46. The predicted octanol–water partition coefficient (Wildman–Crippen LogP) is -6.23. The van der Waals surface area contributed by atoms with Crippen molar-refractivity contribution in [1.29, 1.82) is 0 Å². The van der Waals surface area contributed by atoms with E-state index in [9.17, 15) is 35.1 Å². The molecule has 0 aromatic rings. The minimum atomic E-state index is -2.96. The number of aliphatic hydroxyl groups is 6. The first-order valence-electron chi connectivity index (χ1n) is 6.33. The maximum atomic E-state index is 11.2. The minimum Gasteiger partial charge on any atom is -0.544 e. The van der Waals surface area contributed by atoms with Gasteiger partial charge in [0.2, 0.25) is 11.7 Å². The van der Waals surface area contributed by atoms with E-state index in [1.807, 2.05) is 0 Å². The molecule has 0 saturated carbocycles. The number of aliphatic carboxylic acids is 1. The Morgan fingerprint density at radius 2 is 1.95 bits per heavy atom. The van der Waals surface area contributed by atoms with Crippen molar-refractivity contribution in [1.82, 2.24) is 5.32 Å². The second kappa shape index (κ2) is 7.28. The van der Waals surface area contributed by atoms with E-state index in [2.05, 4.69) is 5.32 Å². The molecule has 6 atom stereocenters. The van der Waals surface area contributed by atoms with Gasteiger partial charge in [0.15, 0.2) is 0 Å². The van der Waals surface area contributed by atoms with Gasteiger partial charge in [-0.25, -0.2) is 0 Å². The van der Waals surface area contributed by atoms with E-state index in [1.165, 1.54) is 0 Å². The minimum absolute atomic E-state index is 0.885. The van der Waals surface area contributed by atoms with E-state index in [1.54, 1.807) is 0 Å². The fraction of sp³-hybridized carbons (Fsp3) is 0.818. The first kappa shape index (κ1) is 18.7. The Morgan fingerprint density at radius 3 is 2.41 bits per heavy atom. The number of carboxylic acid groups (broad SMARTS) is 1. The molecule has 0 spiro atoms. The topological polar surface area (TPSA) is 200 Å². The molecule has 1 aliphatic heterocycles. The molecular weight excluding hydrogens is 306 g/mol. The van der Waals surface area contributed by atoms with Gasteiger partial charge in [0.25, 0.3) is 0 Å². The van der Waals surface area contributed by atoms with Crippen LogP contribution in [0.5, 0.6) is 0 Å². The molecule has 0 radical (unpaired) electrons. The van der Waals surface area contributed by atoms with Crippen LogP contribution in [0.25, 0.3) is 0 Å². The Bertz CT molecular complexity index is 418. The molecule has 1 rings (SSSR count). The summed E-state index contributed by atoms with van der Waals surface area (Å²) < 4.78 is 4.76. The van der Waals surface area contributed by atoms with Gasteiger partial charge in [0.05, 0.1) is 18.8 Å². The van der Waals surface area contributed by atoms with Crippen LogP contribution in [-0.2, 0) is 14.3 Å². The molecule has 1 aliphatic rings. The summed E-state index contributed by atoms with van der Waals surface area (Å²) in [6.45, 7) is -1.89. The third-order valence-corrected chi connectivity index (χ3v) is 3.29. The summed E-state index contributed by atoms with van der Waals surface area (Å²) in [5.74, 6) is -6.02. The zero-order chi connectivity index (χ0) is 17.1. The van der Waals surface area contributed by atoms with Crippen LogP contribution in [0.15, 0.2) is 0 Å². The van der Waals surface area contributed by atoms with Gasteiger partial charge in [-0.15, -0.1) is 0 Å². The third-order valence-electron chi connectivity index (χ3n) is 3.29. The summed E-state index contributed by atoms with van der Waals surface area (Å²) in [6, 6.07) is -1.45. The zero-order valence-corrected chi connectivity index (χ0v) is 11.3. The molecule has 22 heavy (non-hydrogen) atoms. The highest BCUT2D eigenvalue weighted by Gasteiger charge is 2.50. The van der Waals surface area contributed by atoms with E-state index in [4.69, 9.17) is 14.9 Å². The maximum Gasteiger partial charge on any atom is 0.246 e. The van der Waals surface area contributed by atoms with Crippen molar-refractivity contribution < 1.29 is 50.1 Å². The number of ether oxygens (including phenoxy) is 1. The number of carbonyl (C=O) groups is 2. The molecule has 11 heteroatoms. The van der Waals surface area contributed by atoms with Crippen molar-refractivity contribution in [2.24, 2.45) is 0 Å². The van der Waals surface area contributed by atoms with Gasteiger partial charge in [0.1, 0.15) is 30.9 Å². The van der Waals surface area contributed by atoms with E-state index in [0.717, 1.165) is 0 Å². The average Bonchev–Trinajstić information content (AvgIpc) is 2.47. The summed E-state index contributed by atoms with van der Waals surface area (Å²) in [4.78, 5) is 22.1. The summed E-state index contributed by atoms with van der Waals surface area (Å²) in [6.07, 6.45) is -8.11. The van der Waals surface area contributed by atoms with Crippen LogP contribution in [0, 0.1) is 0 Å². The maximum absolute atomic E-state index is 11.2. The fourth-order valence-electron chi connectivity index (χ4n) is 2.13. The Morgan fingerprint density at radius 1 is 1.36 bits per heavy atom. The SMILES string of the molecule is O=C(CO)NC1C(O)C[C@](O)(C(=O)[O-])OC1[C@H](O)[C@H](O)CO. The molecule has 0 aliphatic carbocycles. The largest absolute Gasteiger partial charge is 0.544 e. The van der Waals surface area contributed by atoms with Crippen molar-refractivity contribution in [2.75, 3.05) is 13.2 Å². The highest BCUT2D eigenvalue weighted by Crippen LogP contribution is 2.29. The second-order valence-corrected chi connectivity index (χ2v) is 4.92. The molecule has 0 aromatic heterocycles. The highest BCUT2D eigenvalue weighted by atomic mass is 16.7. The normalized spacial score (nSPS) is 34.7. The van der Waals surface area contributed by atoms with Crippen LogP contribution >= 0.6 is 0 Å². The number of aliphatic hydroxyl groups excluding tert-OH is 5. The van der Waals surface area contributed by atoms with Gasteiger partial charge >= 0.3 is 0 Å². The van der Waals surface area contributed by atoms with Gasteiger partial charge in [-0.2, -0.15) is 0 Å². The van der Waals surface area contributed by atoms with E-state index in [0.29, 0.717) is 0 Å². The average molecular weight is 324 g/mol. The lowest BCUT2D eigenvalue weighted by atomic mass is 9.88. The Kier molecular flexibility index (Phi) is 6.19. The van der Waals surface area contributed by atoms with Gasteiger partial charge in [-0.3, -0.25) is 4.79 Å². The van der Waals surface area contributed by atoms with Crippen molar-refractivity contribution in [3.63, 3.8) is 0 Å². The van der Waals surface area contributed by atoms with Crippen LogP contribution < -0.4 is 10.4 Å². The van der Waals surface area contributed by atoms with Crippen molar-refractivity contribution in [2.45, 2.75) is 42.7 Å². The van der Waals surface area contributed by atoms with Crippen LogP contribution in [0.1, 0.15) is 6.42 Å². The van der Waals surface area contributed by atoms with Gasteiger partial charge in [-0.1, -0.05) is 0 Å². The van der Waals surface area contributed by atoms with E-state index in [-0.39, 0.29) is 0 Å². The number of nitrogens with one attached hydrogen (secondary N) is 1. The fourth-order valence-corrected chi connectivity index (χ4v) is 2.13. The van der Waals surface area contributed by atoms with Gasteiger partial charge in [-0.05, 0) is 0 Å². The first-order valence-corrected chi connectivity index (χ1v) is 6.33. The van der Waals surface area contributed by atoms with Gasteiger partial charge in [0, 0.05) is 6.42 Å². The van der Waals surface area contributed by atoms with Crippen LogP contribution in [-0.4, -0.2) is 92.0 Å². The predicted molar refractivity (Wildman–Crippen MR) is 63.6 cm³/mol. The van der Waals surface area contributed by atoms with Crippen molar-refractivity contribution >= 4 is 11.9 Å². The summed E-state index contributed by atoms with van der Waals surface area (Å²) in [5.41, 5.74) is 0. The number of hydrogen-bond acceptors (Lipinski definition) is 10. The van der Waals surface area contributed by atoms with Crippen LogP contribution in [0.2, 0.25) is 0 Å². The molecule has 1 amide bonds. The van der Waals surface area contributed by atoms with Crippen molar-refractivity contribution in [3.05, 3.63) is 0 Å². The standard InChI is InChI=1S/C11H19NO10/c13-2-5(16)8(18)9-7(12-6(17)3-14)4(15)1-11(21,22-9)10(19)20/h4-5,7-9,13-16,18,21H,1-3H2,(H,12,17)(H,19,20)/p-1/t4?,5-,7?,8-,9?,11-/m1/s1. The van der Waals surface area contributed by atoms with Gasteiger partial charge < -0.3 is 50.6 Å². The van der Waals surface area contributed by atoms with E-state index >= 15 is 0 Å². The Labute approximate surface area is 124 Å². The van der Waals surface area contributed by atoms with E-state index < -0.39 is 67.8 Å².